The number of aryl methyl sites for hydroxylation is 1. The second-order valence-electron chi connectivity index (χ2n) is 4.50. The molecular weight excluding hydrogens is 200 g/mol. The van der Waals surface area contributed by atoms with E-state index in [9.17, 15) is 4.79 Å². The molecule has 1 heterocycles. The van der Waals surface area contributed by atoms with Crippen molar-refractivity contribution < 1.29 is 4.79 Å². The highest BCUT2D eigenvalue weighted by atomic mass is 16.2. The van der Waals surface area contributed by atoms with Crippen molar-refractivity contribution >= 4 is 11.6 Å². The van der Waals surface area contributed by atoms with E-state index in [4.69, 9.17) is 0 Å². The number of hydrazone groups is 1. The lowest BCUT2D eigenvalue weighted by Crippen LogP contribution is -2.37. The zero-order valence-corrected chi connectivity index (χ0v) is 9.31. The molecule has 0 unspecified atom stereocenters. The highest BCUT2D eigenvalue weighted by molar-refractivity contribution is 6.07. The molecule has 0 fully saturated rings. The van der Waals surface area contributed by atoms with Crippen LogP contribution >= 0.6 is 0 Å². The van der Waals surface area contributed by atoms with Crippen LogP contribution in [0.2, 0.25) is 0 Å². The van der Waals surface area contributed by atoms with Gasteiger partial charge in [-0.15, -0.1) is 0 Å². The summed E-state index contributed by atoms with van der Waals surface area (Å²) in [4.78, 5) is 11.6. The lowest BCUT2D eigenvalue weighted by Gasteiger charge is -2.31. The third kappa shape index (κ3) is 1.35. The summed E-state index contributed by atoms with van der Waals surface area (Å²) in [5.41, 5.74) is 3.70. The Labute approximate surface area is 94.8 Å². The summed E-state index contributed by atoms with van der Waals surface area (Å²) in [6.07, 6.45) is 2.73. The Morgan fingerprint density at radius 3 is 3.06 bits per heavy atom. The van der Waals surface area contributed by atoms with Crippen molar-refractivity contribution in [1.82, 2.24) is 5.01 Å². The maximum Gasteiger partial charge on any atom is 0.243 e. The van der Waals surface area contributed by atoms with Gasteiger partial charge in [0.25, 0.3) is 0 Å². The van der Waals surface area contributed by atoms with Crippen molar-refractivity contribution in [1.29, 1.82) is 0 Å². The summed E-state index contributed by atoms with van der Waals surface area (Å²) in [5.74, 6) is 0.465. The first-order valence-electron chi connectivity index (χ1n) is 5.69. The highest BCUT2D eigenvalue weighted by Crippen LogP contribution is 2.31. The average Bonchev–Trinajstić information content (AvgIpc) is 2.31. The summed E-state index contributed by atoms with van der Waals surface area (Å²) in [5, 5.41) is 5.91. The Morgan fingerprint density at radius 1 is 1.38 bits per heavy atom. The van der Waals surface area contributed by atoms with Crippen LogP contribution in [0.1, 0.15) is 24.0 Å². The van der Waals surface area contributed by atoms with E-state index in [1.165, 1.54) is 16.1 Å². The van der Waals surface area contributed by atoms with Gasteiger partial charge in [-0.25, -0.2) is 5.01 Å². The van der Waals surface area contributed by atoms with E-state index in [-0.39, 0.29) is 5.91 Å². The van der Waals surface area contributed by atoms with Gasteiger partial charge >= 0.3 is 0 Å². The molecule has 1 aliphatic carbocycles. The summed E-state index contributed by atoms with van der Waals surface area (Å²) in [6.45, 7) is 0. The van der Waals surface area contributed by atoms with E-state index < -0.39 is 0 Å². The van der Waals surface area contributed by atoms with Crippen molar-refractivity contribution in [3.8, 4) is 0 Å². The van der Waals surface area contributed by atoms with Gasteiger partial charge in [0.05, 0.1) is 5.71 Å². The largest absolute Gasteiger partial charge is 0.273 e. The maximum absolute atomic E-state index is 11.6. The zero-order valence-electron chi connectivity index (χ0n) is 9.31. The number of hydrogen-bond acceptors (Lipinski definition) is 2. The molecule has 0 radical (unpaired) electrons. The summed E-state index contributed by atoms with van der Waals surface area (Å²) < 4.78 is 0. The van der Waals surface area contributed by atoms with Crippen LogP contribution in [0.15, 0.2) is 29.4 Å². The SMILES string of the molecule is CN1N=C2c3ccccc3CC[C@@H]2CC1=O. The van der Waals surface area contributed by atoms with E-state index in [1.54, 1.807) is 7.05 Å². The topological polar surface area (TPSA) is 32.7 Å². The Hall–Kier alpha value is -1.64. The second-order valence-corrected chi connectivity index (χ2v) is 4.50. The molecule has 16 heavy (non-hydrogen) atoms. The standard InChI is InChI=1S/C13H14N2O/c1-15-12(16)8-10-7-6-9-4-2-3-5-11(9)13(10)14-15/h2-5,10H,6-8H2,1H3/t10-/m1/s1. The van der Waals surface area contributed by atoms with Crippen LogP contribution in [-0.4, -0.2) is 23.7 Å². The molecule has 1 amide bonds. The molecule has 0 spiro atoms. The first-order chi connectivity index (χ1) is 7.75. The van der Waals surface area contributed by atoms with Crippen molar-refractivity contribution in [2.24, 2.45) is 11.0 Å². The van der Waals surface area contributed by atoms with E-state index in [0.717, 1.165) is 18.6 Å². The predicted octanol–water partition coefficient (Wildman–Crippen LogP) is 1.82. The number of nitrogens with zero attached hydrogens (tertiary/aromatic N) is 2. The maximum atomic E-state index is 11.6. The van der Waals surface area contributed by atoms with E-state index in [1.807, 2.05) is 6.07 Å². The van der Waals surface area contributed by atoms with Crippen LogP contribution in [0, 0.1) is 5.92 Å². The van der Waals surface area contributed by atoms with Crippen molar-refractivity contribution in [3.63, 3.8) is 0 Å². The zero-order chi connectivity index (χ0) is 11.1. The van der Waals surface area contributed by atoms with Gasteiger partial charge in [0.15, 0.2) is 0 Å². The van der Waals surface area contributed by atoms with Gasteiger partial charge in [-0.3, -0.25) is 4.79 Å². The molecule has 1 aromatic rings. The molecule has 3 rings (SSSR count). The monoisotopic (exact) mass is 214 g/mol. The van der Waals surface area contributed by atoms with Gasteiger partial charge in [-0.1, -0.05) is 24.3 Å². The van der Waals surface area contributed by atoms with E-state index in [0.29, 0.717) is 12.3 Å². The minimum absolute atomic E-state index is 0.133. The van der Waals surface area contributed by atoms with E-state index in [2.05, 4.69) is 23.3 Å². The molecule has 1 atom stereocenters. The number of fused-ring (bicyclic) bond motifs is 3. The smallest absolute Gasteiger partial charge is 0.243 e. The highest BCUT2D eigenvalue weighted by Gasteiger charge is 2.32. The van der Waals surface area contributed by atoms with Crippen LogP contribution in [0.25, 0.3) is 0 Å². The summed E-state index contributed by atoms with van der Waals surface area (Å²) in [6, 6.07) is 8.38. The summed E-state index contributed by atoms with van der Waals surface area (Å²) in [7, 11) is 1.74. The molecule has 82 valence electrons. The Balaban J connectivity index is 2.11. The van der Waals surface area contributed by atoms with Gasteiger partial charge in [-0.2, -0.15) is 5.10 Å². The van der Waals surface area contributed by atoms with Crippen LogP contribution < -0.4 is 0 Å². The van der Waals surface area contributed by atoms with Crippen LogP contribution in [0.3, 0.4) is 0 Å². The number of carbonyl (C=O) groups excluding carboxylic acids is 1. The van der Waals surface area contributed by atoms with Crippen molar-refractivity contribution in [2.75, 3.05) is 7.05 Å². The van der Waals surface area contributed by atoms with Gasteiger partial charge in [0.1, 0.15) is 0 Å². The number of rotatable bonds is 0. The first kappa shape index (κ1) is 9.58. The fourth-order valence-corrected chi connectivity index (χ4v) is 2.57. The molecule has 2 aliphatic rings. The molecule has 3 heteroatoms. The van der Waals surface area contributed by atoms with Crippen molar-refractivity contribution in [3.05, 3.63) is 35.4 Å². The summed E-state index contributed by atoms with van der Waals surface area (Å²) >= 11 is 0. The number of amides is 1. The van der Waals surface area contributed by atoms with Crippen molar-refractivity contribution in [2.45, 2.75) is 19.3 Å². The molecule has 0 N–H and O–H groups in total. The third-order valence-electron chi connectivity index (χ3n) is 3.48. The molecule has 0 aromatic heterocycles. The normalized spacial score (nSPS) is 23.6. The Kier molecular flexibility index (Phi) is 2.06. The number of carbonyl (C=O) groups is 1. The van der Waals surface area contributed by atoms with Gasteiger partial charge in [-0.05, 0) is 18.4 Å². The fourth-order valence-electron chi connectivity index (χ4n) is 2.57. The minimum Gasteiger partial charge on any atom is -0.273 e. The minimum atomic E-state index is 0.133. The molecule has 0 saturated carbocycles. The molecule has 0 bridgehead atoms. The molecule has 1 aliphatic heterocycles. The lowest BCUT2D eigenvalue weighted by atomic mass is 9.80. The number of hydrogen-bond donors (Lipinski definition) is 0. The van der Waals surface area contributed by atoms with Crippen LogP contribution in [0.5, 0.6) is 0 Å². The fraction of sp³-hybridized carbons (Fsp3) is 0.385. The van der Waals surface area contributed by atoms with Crippen LogP contribution in [0.4, 0.5) is 0 Å². The van der Waals surface area contributed by atoms with Gasteiger partial charge < -0.3 is 0 Å². The molecule has 0 saturated heterocycles. The molecule has 3 nitrogen and oxygen atoms in total. The predicted molar refractivity (Wildman–Crippen MR) is 62.2 cm³/mol. The average molecular weight is 214 g/mol. The molecular formula is C13H14N2O. The van der Waals surface area contributed by atoms with Gasteiger partial charge in [0.2, 0.25) is 5.91 Å². The molecule has 1 aromatic carbocycles. The Morgan fingerprint density at radius 2 is 2.19 bits per heavy atom. The van der Waals surface area contributed by atoms with Gasteiger partial charge in [0, 0.05) is 24.9 Å². The van der Waals surface area contributed by atoms with E-state index >= 15 is 0 Å². The third-order valence-corrected chi connectivity index (χ3v) is 3.48. The number of benzene rings is 1. The second kappa shape index (κ2) is 3.44. The Bertz CT molecular complexity index is 479. The quantitative estimate of drug-likeness (QED) is 0.648. The first-order valence-corrected chi connectivity index (χ1v) is 5.69. The lowest BCUT2D eigenvalue weighted by molar-refractivity contribution is -0.131. The van der Waals surface area contributed by atoms with Crippen LogP contribution in [-0.2, 0) is 11.2 Å².